The highest BCUT2D eigenvalue weighted by Crippen LogP contribution is 2.28. The zero-order valence-corrected chi connectivity index (χ0v) is 18.4. The van der Waals surface area contributed by atoms with Gasteiger partial charge in [-0.2, -0.15) is 5.26 Å². The molecule has 0 aliphatic rings. The predicted octanol–water partition coefficient (Wildman–Crippen LogP) is 2.58. The van der Waals surface area contributed by atoms with Crippen LogP contribution in [0.25, 0.3) is 22.6 Å². The Morgan fingerprint density at radius 3 is 2.68 bits per heavy atom. The fourth-order valence-corrected chi connectivity index (χ4v) is 3.33. The normalized spacial score (nSPS) is 11.7. The van der Waals surface area contributed by atoms with Crippen LogP contribution >= 0.6 is 0 Å². The number of fused-ring (bicyclic) bond motifs is 1. The van der Waals surface area contributed by atoms with E-state index in [1.165, 1.54) is 0 Å². The molecular formula is C23H22N8O3. The molecule has 4 aromatic rings. The lowest BCUT2D eigenvalue weighted by atomic mass is 10.1. The van der Waals surface area contributed by atoms with Crippen LogP contribution in [0.5, 0.6) is 0 Å². The van der Waals surface area contributed by atoms with Crippen LogP contribution in [0.3, 0.4) is 0 Å². The molecule has 2 aromatic heterocycles. The van der Waals surface area contributed by atoms with Crippen molar-refractivity contribution in [2.75, 3.05) is 17.2 Å². The van der Waals surface area contributed by atoms with Crippen LogP contribution in [0.2, 0.25) is 0 Å². The van der Waals surface area contributed by atoms with Crippen LogP contribution in [-0.2, 0) is 11.3 Å². The highest BCUT2D eigenvalue weighted by molar-refractivity contribution is 5.99. The number of Topliss-reactive ketones (excluding diaryl/α,β-unsaturated/α-hetero) is 1. The van der Waals surface area contributed by atoms with Crippen LogP contribution in [-0.4, -0.2) is 44.1 Å². The second-order valence-corrected chi connectivity index (χ2v) is 7.59. The molecule has 0 radical (unpaired) electrons. The van der Waals surface area contributed by atoms with Crippen molar-refractivity contribution in [3.05, 3.63) is 54.1 Å². The smallest absolute Gasteiger partial charge is 0.240 e. The van der Waals surface area contributed by atoms with Crippen LogP contribution in [0.15, 0.2) is 53.2 Å². The van der Waals surface area contributed by atoms with Crippen molar-refractivity contribution in [2.24, 2.45) is 5.73 Å². The summed E-state index contributed by atoms with van der Waals surface area (Å²) in [5, 5.41) is 22.3. The number of benzene rings is 2. The number of anilines is 2. The molecule has 0 unspecified atom stereocenters. The number of nitrogens with zero attached hydrogens (tertiary/aromatic N) is 5. The van der Waals surface area contributed by atoms with Crippen molar-refractivity contribution in [3.8, 4) is 17.6 Å². The first-order valence-corrected chi connectivity index (χ1v) is 10.6. The molecule has 0 spiro atoms. The third-order valence-corrected chi connectivity index (χ3v) is 5.07. The number of carbonyl (C=O) groups excluding carboxylic acids is 2. The number of amides is 1. The van der Waals surface area contributed by atoms with Gasteiger partial charge in [-0.25, -0.2) is 9.61 Å². The molecular weight excluding hydrogens is 436 g/mol. The number of para-hydroxylation sites is 2. The highest BCUT2D eigenvalue weighted by Gasteiger charge is 2.22. The Morgan fingerprint density at radius 2 is 1.94 bits per heavy atom. The summed E-state index contributed by atoms with van der Waals surface area (Å²) >= 11 is 0. The molecule has 1 amide bonds. The van der Waals surface area contributed by atoms with E-state index < -0.39 is 6.04 Å². The Labute approximate surface area is 194 Å². The summed E-state index contributed by atoms with van der Waals surface area (Å²) in [6, 6.07) is 15.4. The summed E-state index contributed by atoms with van der Waals surface area (Å²) in [7, 11) is 0. The standard InChI is InChI=1S/C23H22N8O3/c1-14(25)23(33)27-16-9-7-15(8-10-16)19(32)13-31-18-6-3-2-5-17(18)28-22(31)20-21(30-34-29-20)26-12-4-11-24/h2-3,5-10,14H,4,12-13,25H2,1H3,(H,26,30)(H,27,33)/t14-/m0/s1. The molecule has 1 atom stereocenters. The average Bonchev–Trinajstić information content (AvgIpc) is 3.44. The number of aromatic nitrogens is 4. The molecule has 0 saturated carbocycles. The van der Waals surface area contributed by atoms with Gasteiger partial charge in [-0.05, 0) is 53.6 Å². The van der Waals surface area contributed by atoms with E-state index in [0.717, 1.165) is 5.52 Å². The topological polar surface area (TPSA) is 165 Å². The van der Waals surface area contributed by atoms with Crippen molar-refractivity contribution in [3.63, 3.8) is 0 Å². The molecule has 4 N–H and O–H groups in total. The maximum atomic E-state index is 13.1. The van der Waals surface area contributed by atoms with E-state index in [4.69, 9.17) is 15.6 Å². The summed E-state index contributed by atoms with van der Waals surface area (Å²) in [4.78, 5) is 29.6. The van der Waals surface area contributed by atoms with Gasteiger partial charge in [0.2, 0.25) is 11.7 Å². The van der Waals surface area contributed by atoms with Crippen LogP contribution in [0, 0.1) is 11.3 Å². The minimum absolute atomic E-state index is 0.00805. The fraction of sp³-hybridized carbons (Fsp3) is 0.217. The molecule has 172 valence electrons. The first-order valence-electron chi connectivity index (χ1n) is 10.6. The summed E-state index contributed by atoms with van der Waals surface area (Å²) in [5.74, 6) is 0.281. The Kier molecular flexibility index (Phi) is 6.61. The number of hydrogen-bond acceptors (Lipinski definition) is 9. The second-order valence-electron chi connectivity index (χ2n) is 7.59. The van der Waals surface area contributed by atoms with Gasteiger partial charge < -0.3 is 20.9 Å². The van der Waals surface area contributed by atoms with Crippen LogP contribution in [0.4, 0.5) is 11.5 Å². The molecule has 11 heteroatoms. The molecule has 0 fully saturated rings. The molecule has 34 heavy (non-hydrogen) atoms. The van der Waals surface area contributed by atoms with E-state index in [-0.39, 0.29) is 24.7 Å². The van der Waals surface area contributed by atoms with Crippen molar-refractivity contribution in [1.82, 2.24) is 19.9 Å². The number of ketones is 1. The number of imidazole rings is 1. The van der Waals surface area contributed by atoms with Gasteiger partial charge in [0.25, 0.3) is 0 Å². The van der Waals surface area contributed by atoms with Crippen LogP contribution in [0.1, 0.15) is 23.7 Å². The highest BCUT2D eigenvalue weighted by atomic mass is 16.6. The SMILES string of the molecule is C[C@H](N)C(=O)Nc1ccc(C(=O)Cn2c(-c3nonc3NCCC#N)nc3ccccc32)cc1. The summed E-state index contributed by atoms with van der Waals surface area (Å²) in [5.41, 5.74) is 8.37. The van der Waals surface area contributed by atoms with E-state index >= 15 is 0 Å². The first kappa shape index (κ1) is 22.6. The minimum atomic E-state index is -0.639. The second kappa shape index (κ2) is 9.93. The molecule has 11 nitrogen and oxygen atoms in total. The van der Waals surface area contributed by atoms with E-state index in [9.17, 15) is 9.59 Å². The van der Waals surface area contributed by atoms with Gasteiger partial charge in [0, 0.05) is 17.8 Å². The van der Waals surface area contributed by atoms with Gasteiger partial charge in [0.15, 0.2) is 17.3 Å². The monoisotopic (exact) mass is 458 g/mol. The average molecular weight is 458 g/mol. The molecule has 0 aliphatic heterocycles. The number of nitriles is 1. The lowest BCUT2D eigenvalue weighted by Gasteiger charge is -2.10. The van der Waals surface area contributed by atoms with E-state index in [1.807, 2.05) is 24.3 Å². The maximum Gasteiger partial charge on any atom is 0.240 e. The largest absolute Gasteiger partial charge is 0.364 e. The number of rotatable bonds is 9. The van der Waals surface area contributed by atoms with Crippen LogP contribution < -0.4 is 16.4 Å². The molecule has 0 saturated heterocycles. The number of nitrogens with one attached hydrogen (secondary N) is 2. The quantitative estimate of drug-likeness (QED) is 0.252. The third kappa shape index (κ3) is 4.77. The molecule has 0 bridgehead atoms. The van der Waals surface area contributed by atoms with Crippen molar-refractivity contribution < 1.29 is 14.2 Å². The Hall–Kier alpha value is -4.56. The predicted molar refractivity (Wildman–Crippen MR) is 125 cm³/mol. The van der Waals surface area contributed by atoms with Crippen molar-refractivity contribution >= 4 is 34.2 Å². The lowest BCUT2D eigenvalue weighted by molar-refractivity contribution is -0.117. The van der Waals surface area contributed by atoms with Gasteiger partial charge >= 0.3 is 0 Å². The minimum Gasteiger partial charge on any atom is -0.364 e. The molecule has 4 rings (SSSR count). The third-order valence-electron chi connectivity index (χ3n) is 5.07. The summed E-state index contributed by atoms with van der Waals surface area (Å²) in [6.45, 7) is 1.95. The van der Waals surface area contributed by atoms with Gasteiger partial charge in [-0.15, -0.1) is 0 Å². The summed E-state index contributed by atoms with van der Waals surface area (Å²) < 4.78 is 6.65. The van der Waals surface area contributed by atoms with Gasteiger partial charge in [0.1, 0.15) is 0 Å². The van der Waals surface area contributed by atoms with Crippen molar-refractivity contribution in [1.29, 1.82) is 5.26 Å². The zero-order chi connectivity index (χ0) is 24.1. The molecule has 2 heterocycles. The Balaban J connectivity index is 1.62. The Morgan fingerprint density at radius 1 is 1.18 bits per heavy atom. The van der Waals surface area contributed by atoms with E-state index in [2.05, 4.69) is 32.0 Å². The number of carbonyl (C=O) groups is 2. The fourth-order valence-electron chi connectivity index (χ4n) is 3.33. The Bertz CT molecular complexity index is 1370. The maximum absolute atomic E-state index is 13.1. The number of hydrogen-bond donors (Lipinski definition) is 3. The van der Waals surface area contributed by atoms with Gasteiger partial charge in [-0.3, -0.25) is 9.59 Å². The van der Waals surface area contributed by atoms with Gasteiger partial charge in [0.05, 0.1) is 36.1 Å². The summed E-state index contributed by atoms with van der Waals surface area (Å²) in [6.07, 6.45) is 0.280. The first-order chi connectivity index (χ1) is 16.5. The number of nitrogens with two attached hydrogens (primary N) is 1. The van der Waals surface area contributed by atoms with E-state index in [1.54, 1.807) is 35.8 Å². The molecule has 0 aliphatic carbocycles. The van der Waals surface area contributed by atoms with E-state index in [0.29, 0.717) is 40.6 Å². The lowest BCUT2D eigenvalue weighted by Crippen LogP contribution is -2.32. The van der Waals surface area contributed by atoms with Crippen molar-refractivity contribution in [2.45, 2.75) is 25.9 Å². The zero-order valence-electron chi connectivity index (χ0n) is 18.4. The molecule has 2 aromatic carbocycles. The van der Waals surface area contributed by atoms with Gasteiger partial charge in [-0.1, -0.05) is 12.1 Å².